The van der Waals surface area contributed by atoms with Gasteiger partial charge in [0.2, 0.25) is 11.8 Å². The molecule has 1 aromatic heterocycles. The van der Waals surface area contributed by atoms with Gasteiger partial charge in [-0.05, 0) is 32.9 Å². The van der Waals surface area contributed by atoms with Gasteiger partial charge in [0.1, 0.15) is 18.8 Å². The van der Waals surface area contributed by atoms with Crippen LogP contribution in [0.25, 0.3) is 10.2 Å². The summed E-state index contributed by atoms with van der Waals surface area (Å²) in [6.07, 6.45) is -9.60. The molecule has 2 aromatic rings. The summed E-state index contributed by atoms with van der Waals surface area (Å²) in [5.41, 5.74) is -0.283. The van der Waals surface area contributed by atoms with Gasteiger partial charge in [0, 0.05) is 11.6 Å². The molecule has 0 saturated heterocycles. The van der Waals surface area contributed by atoms with Crippen molar-refractivity contribution in [3.05, 3.63) is 18.2 Å². The molecule has 2 rings (SSSR count). The molecule has 32 heavy (non-hydrogen) atoms. The van der Waals surface area contributed by atoms with Gasteiger partial charge in [0.05, 0.1) is 16.8 Å². The lowest BCUT2D eigenvalue weighted by atomic mass is 10.1. The first kappa shape index (κ1) is 25.6. The van der Waals surface area contributed by atoms with Crippen LogP contribution in [0, 0.1) is 0 Å². The number of ether oxygens (including phenoxy) is 1. The number of nitrogens with zero attached hydrogens (tertiary/aromatic N) is 2. The maximum absolute atomic E-state index is 12.9. The van der Waals surface area contributed by atoms with Crippen molar-refractivity contribution in [1.29, 1.82) is 0 Å². The molecule has 7 nitrogen and oxygen atoms in total. The lowest BCUT2D eigenvalue weighted by molar-refractivity contribution is -0.274. The predicted octanol–water partition coefficient (Wildman–Crippen LogP) is 3.91. The highest BCUT2D eigenvalue weighted by molar-refractivity contribution is 7.22. The smallest absolute Gasteiger partial charge is 0.406 e. The van der Waals surface area contributed by atoms with Crippen molar-refractivity contribution in [1.82, 2.24) is 15.2 Å². The van der Waals surface area contributed by atoms with E-state index in [1.807, 2.05) is 0 Å². The minimum absolute atomic E-state index is 0.0543. The highest BCUT2D eigenvalue weighted by Crippen LogP contribution is 2.31. The lowest BCUT2D eigenvalue weighted by Gasteiger charge is -2.26. The molecule has 14 heteroatoms. The topological polar surface area (TPSA) is 83.6 Å². The Kier molecular flexibility index (Phi) is 7.60. The molecule has 1 heterocycles. The third-order valence-corrected chi connectivity index (χ3v) is 4.60. The van der Waals surface area contributed by atoms with Crippen LogP contribution in [0.5, 0.6) is 5.75 Å². The fourth-order valence-corrected chi connectivity index (χ4v) is 3.30. The first-order valence-electron chi connectivity index (χ1n) is 9.06. The van der Waals surface area contributed by atoms with Crippen LogP contribution >= 0.6 is 11.3 Å². The number of halogens is 6. The van der Waals surface area contributed by atoms with Gasteiger partial charge < -0.3 is 20.3 Å². The van der Waals surface area contributed by atoms with E-state index in [9.17, 15) is 35.9 Å². The number of hydrogen-bond donors (Lipinski definition) is 2. The van der Waals surface area contributed by atoms with E-state index in [0.717, 1.165) is 23.5 Å². The molecule has 0 unspecified atom stereocenters. The highest BCUT2D eigenvalue weighted by atomic mass is 32.1. The van der Waals surface area contributed by atoms with Gasteiger partial charge in [0.25, 0.3) is 0 Å². The van der Waals surface area contributed by atoms with Gasteiger partial charge in [-0.2, -0.15) is 13.2 Å². The van der Waals surface area contributed by atoms with Gasteiger partial charge in [0.15, 0.2) is 5.13 Å². The van der Waals surface area contributed by atoms with E-state index < -0.39 is 55.3 Å². The minimum atomic E-state index is -4.88. The largest absolute Gasteiger partial charge is 0.573 e. The Balaban J connectivity index is 2.09. The average molecular weight is 486 g/mol. The molecule has 1 aromatic carbocycles. The average Bonchev–Trinajstić information content (AvgIpc) is 2.97. The van der Waals surface area contributed by atoms with E-state index >= 15 is 0 Å². The van der Waals surface area contributed by atoms with Crippen molar-refractivity contribution in [2.75, 3.05) is 25.0 Å². The minimum Gasteiger partial charge on any atom is -0.406 e. The number of amides is 2. The molecule has 2 amide bonds. The molecule has 0 bridgehead atoms. The van der Waals surface area contributed by atoms with Crippen LogP contribution < -0.4 is 15.4 Å². The second-order valence-corrected chi connectivity index (χ2v) is 8.74. The zero-order chi connectivity index (χ0) is 24.3. The molecule has 178 valence electrons. The van der Waals surface area contributed by atoms with Crippen LogP contribution in [0.1, 0.15) is 20.8 Å². The molecule has 2 N–H and O–H groups in total. The standard InChI is InChI=1S/C18H20F6N4O3S/c1-16(2,3)25-7-14(30)28(9-17(19,20)21)8-13(29)27-15-26-11-5-4-10(6-12(11)32-15)31-18(22,23)24/h4-6,25H,7-9H2,1-3H3,(H,26,27,29). The number of alkyl halides is 6. The summed E-state index contributed by atoms with van der Waals surface area (Å²) in [5, 5.41) is 4.97. The Morgan fingerprint density at radius 1 is 1.12 bits per heavy atom. The van der Waals surface area contributed by atoms with Crippen LogP contribution in [0.3, 0.4) is 0 Å². The van der Waals surface area contributed by atoms with E-state index in [2.05, 4.69) is 20.4 Å². The zero-order valence-corrected chi connectivity index (χ0v) is 18.0. The zero-order valence-electron chi connectivity index (χ0n) is 17.1. The van der Waals surface area contributed by atoms with Crippen LogP contribution in [0.4, 0.5) is 31.5 Å². The Labute approximate surface area is 182 Å². The van der Waals surface area contributed by atoms with Crippen LogP contribution in [0.2, 0.25) is 0 Å². The molecule has 0 aliphatic heterocycles. The van der Waals surface area contributed by atoms with Gasteiger partial charge in [-0.1, -0.05) is 11.3 Å². The van der Waals surface area contributed by atoms with Gasteiger partial charge in [-0.3, -0.25) is 9.59 Å². The number of nitrogens with one attached hydrogen (secondary N) is 2. The normalized spacial score (nSPS) is 12.7. The molecule has 0 aliphatic carbocycles. The third kappa shape index (κ3) is 8.86. The Morgan fingerprint density at radius 3 is 2.34 bits per heavy atom. The summed E-state index contributed by atoms with van der Waals surface area (Å²) in [4.78, 5) is 28.8. The lowest BCUT2D eigenvalue weighted by Crippen LogP contribution is -2.49. The van der Waals surface area contributed by atoms with Gasteiger partial charge in [-0.25, -0.2) is 4.98 Å². The molecular formula is C18H20F6N4O3S. The van der Waals surface area contributed by atoms with E-state index in [-0.39, 0.29) is 15.3 Å². The monoisotopic (exact) mass is 486 g/mol. The molecular weight excluding hydrogens is 466 g/mol. The first-order chi connectivity index (χ1) is 14.5. The number of carbonyl (C=O) groups excluding carboxylic acids is 2. The number of hydrogen-bond acceptors (Lipinski definition) is 6. The molecule has 0 spiro atoms. The maximum Gasteiger partial charge on any atom is 0.573 e. The highest BCUT2D eigenvalue weighted by Gasteiger charge is 2.34. The summed E-state index contributed by atoms with van der Waals surface area (Å²) in [6.45, 7) is 2.25. The maximum atomic E-state index is 12.9. The number of thiazole rings is 1. The predicted molar refractivity (Wildman–Crippen MR) is 105 cm³/mol. The van der Waals surface area contributed by atoms with Crippen molar-refractivity contribution in [3.63, 3.8) is 0 Å². The Bertz CT molecular complexity index is 968. The first-order valence-corrected chi connectivity index (χ1v) is 9.88. The summed E-state index contributed by atoms with van der Waals surface area (Å²) in [5.74, 6) is -2.35. The summed E-state index contributed by atoms with van der Waals surface area (Å²) in [7, 11) is 0. The second kappa shape index (κ2) is 9.48. The van der Waals surface area contributed by atoms with Crippen molar-refractivity contribution in [2.24, 2.45) is 0 Å². The van der Waals surface area contributed by atoms with Gasteiger partial charge >= 0.3 is 12.5 Å². The summed E-state index contributed by atoms with van der Waals surface area (Å²) >= 11 is 0.800. The van der Waals surface area contributed by atoms with E-state index in [1.165, 1.54) is 6.07 Å². The van der Waals surface area contributed by atoms with E-state index in [0.29, 0.717) is 4.90 Å². The fourth-order valence-electron chi connectivity index (χ4n) is 2.39. The Morgan fingerprint density at radius 2 is 1.78 bits per heavy atom. The van der Waals surface area contributed by atoms with Crippen LogP contribution in [0.15, 0.2) is 18.2 Å². The van der Waals surface area contributed by atoms with Crippen LogP contribution in [-0.4, -0.2) is 59.4 Å². The number of anilines is 1. The summed E-state index contributed by atoms with van der Waals surface area (Å²) < 4.78 is 79.7. The number of carbonyl (C=O) groups is 2. The molecule has 0 atom stereocenters. The van der Waals surface area contributed by atoms with Crippen LogP contribution in [-0.2, 0) is 9.59 Å². The van der Waals surface area contributed by atoms with Crippen molar-refractivity contribution in [3.8, 4) is 5.75 Å². The van der Waals surface area contributed by atoms with E-state index in [4.69, 9.17) is 0 Å². The number of rotatable bonds is 7. The van der Waals surface area contributed by atoms with Gasteiger partial charge in [-0.15, -0.1) is 13.2 Å². The number of aromatic nitrogens is 1. The fraction of sp³-hybridized carbons (Fsp3) is 0.500. The third-order valence-electron chi connectivity index (χ3n) is 3.67. The van der Waals surface area contributed by atoms with E-state index in [1.54, 1.807) is 20.8 Å². The molecule has 0 saturated carbocycles. The molecule has 0 radical (unpaired) electrons. The van der Waals surface area contributed by atoms with Crippen molar-refractivity contribution >= 4 is 38.5 Å². The summed E-state index contributed by atoms with van der Waals surface area (Å²) in [6, 6.07) is 3.33. The molecule has 0 fully saturated rings. The molecule has 0 aliphatic rings. The SMILES string of the molecule is CC(C)(C)NCC(=O)N(CC(=O)Nc1nc2ccc(OC(F)(F)F)cc2s1)CC(F)(F)F. The quantitative estimate of drug-likeness (QED) is 0.580. The van der Waals surface area contributed by atoms with Crippen molar-refractivity contribution < 1.29 is 40.7 Å². The second-order valence-electron chi connectivity index (χ2n) is 7.71. The Hall–Kier alpha value is -2.61. The number of fused-ring (bicyclic) bond motifs is 1. The van der Waals surface area contributed by atoms with Crippen molar-refractivity contribution in [2.45, 2.75) is 38.8 Å². The number of benzene rings is 1.